The second-order valence-corrected chi connectivity index (χ2v) is 5.19. The van der Waals surface area contributed by atoms with E-state index in [-0.39, 0.29) is 24.1 Å². The molecule has 0 aromatic heterocycles. The van der Waals surface area contributed by atoms with Gasteiger partial charge in [-0.3, -0.25) is 9.59 Å². The van der Waals surface area contributed by atoms with Crippen molar-refractivity contribution in [1.29, 1.82) is 0 Å². The zero-order valence-corrected chi connectivity index (χ0v) is 12.8. The van der Waals surface area contributed by atoms with Gasteiger partial charge in [-0.05, 0) is 24.3 Å². The molecule has 1 aliphatic rings. The van der Waals surface area contributed by atoms with Gasteiger partial charge in [-0.25, -0.2) is 0 Å². The first kappa shape index (κ1) is 17.1. The molecule has 0 saturated carbocycles. The standard InChI is InChI=1S/C15H19F2N3O3/c1-19(10-13(21)20-8-6-18-7-9-20)14(22)11-2-4-12(5-3-11)23-15(16)17/h2-5,15,18H,6-10H2,1H3. The Kier molecular flexibility index (Phi) is 5.86. The van der Waals surface area contributed by atoms with Gasteiger partial charge in [0, 0.05) is 38.8 Å². The van der Waals surface area contributed by atoms with E-state index in [1.54, 1.807) is 4.90 Å². The number of carbonyl (C=O) groups is 2. The number of alkyl halides is 2. The van der Waals surface area contributed by atoms with Gasteiger partial charge in [0.15, 0.2) is 0 Å². The van der Waals surface area contributed by atoms with E-state index in [1.807, 2.05) is 0 Å². The Balaban J connectivity index is 1.92. The SMILES string of the molecule is CN(CC(=O)N1CCNCC1)C(=O)c1ccc(OC(F)F)cc1. The van der Waals surface area contributed by atoms with Crippen molar-refractivity contribution in [2.45, 2.75) is 6.61 Å². The molecule has 1 N–H and O–H groups in total. The number of amides is 2. The summed E-state index contributed by atoms with van der Waals surface area (Å²) in [5.41, 5.74) is 0.308. The summed E-state index contributed by atoms with van der Waals surface area (Å²) < 4.78 is 28.4. The normalized spacial score (nSPS) is 14.7. The van der Waals surface area contributed by atoms with Crippen molar-refractivity contribution >= 4 is 11.8 Å². The summed E-state index contributed by atoms with van der Waals surface area (Å²) in [6, 6.07) is 5.38. The fraction of sp³-hybridized carbons (Fsp3) is 0.467. The molecule has 1 aromatic rings. The van der Waals surface area contributed by atoms with E-state index >= 15 is 0 Å². The second-order valence-electron chi connectivity index (χ2n) is 5.19. The van der Waals surface area contributed by atoms with Crippen molar-refractivity contribution in [3.63, 3.8) is 0 Å². The van der Waals surface area contributed by atoms with Crippen molar-refractivity contribution in [3.8, 4) is 5.75 Å². The summed E-state index contributed by atoms with van der Waals surface area (Å²) in [5.74, 6) is -0.479. The highest BCUT2D eigenvalue weighted by Crippen LogP contribution is 2.15. The zero-order chi connectivity index (χ0) is 16.8. The van der Waals surface area contributed by atoms with Crippen LogP contribution >= 0.6 is 0 Å². The Hall–Kier alpha value is -2.22. The Morgan fingerprint density at radius 1 is 1.26 bits per heavy atom. The van der Waals surface area contributed by atoms with E-state index in [0.717, 1.165) is 13.1 Å². The lowest BCUT2D eigenvalue weighted by molar-refractivity contribution is -0.132. The maximum atomic E-state index is 12.3. The average Bonchev–Trinajstić information content (AvgIpc) is 2.55. The van der Waals surface area contributed by atoms with E-state index < -0.39 is 6.61 Å². The van der Waals surface area contributed by atoms with Crippen LogP contribution in [0.4, 0.5) is 8.78 Å². The van der Waals surface area contributed by atoms with Gasteiger partial charge >= 0.3 is 6.61 Å². The number of nitrogens with zero attached hydrogens (tertiary/aromatic N) is 2. The minimum absolute atomic E-state index is 0.0175. The fourth-order valence-corrected chi connectivity index (χ4v) is 2.29. The maximum absolute atomic E-state index is 12.3. The second kappa shape index (κ2) is 7.87. The predicted octanol–water partition coefficient (Wildman–Crippen LogP) is 0.792. The van der Waals surface area contributed by atoms with E-state index in [0.29, 0.717) is 18.7 Å². The summed E-state index contributed by atoms with van der Waals surface area (Å²) in [6.07, 6.45) is 0. The largest absolute Gasteiger partial charge is 0.435 e. The number of nitrogens with one attached hydrogen (secondary N) is 1. The first-order valence-corrected chi connectivity index (χ1v) is 7.26. The van der Waals surface area contributed by atoms with E-state index in [1.165, 1.54) is 36.2 Å². The fourth-order valence-electron chi connectivity index (χ4n) is 2.29. The van der Waals surface area contributed by atoms with Gasteiger partial charge in [-0.15, -0.1) is 0 Å². The lowest BCUT2D eigenvalue weighted by Gasteiger charge is -2.29. The van der Waals surface area contributed by atoms with Crippen molar-refractivity contribution in [3.05, 3.63) is 29.8 Å². The van der Waals surface area contributed by atoms with Crippen LogP contribution in [0.25, 0.3) is 0 Å². The summed E-state index contributed by atoms with van der Waals surface area (Å²) in [6.45, 7) is -0.185. The molecule has 2 amide bonds. The number of benzene rings is 1. The summed E-state index contributed by atoms with van der Waals surface area (Å²) in [7, 11) is 1.53. The van der Waals surface area contributed by atoms with Crippen LogP contribution in [0, 0.1) is 0 Å². The highest BCUT2D eigenvalue weighted by molar-refractivity contribution is 5.96. The molecule has 126 valence electrons. The molecule has 0 atom stereocenters. The van der Waals surface area contributed by atoms with Crippen LogP contribution in [0.1, 0.15) is 10.4 Å². The molecule has 1 heterocycles. The highest BCUT2D eigenvalue weighted by Gasteiger charge is 2.20. The molecule has 0 bridgehead atoms. The van der Waals surface area contributed by atoms with E-state index in [2.05, 4.69) is 10.1 Å². The summed E-state index contributed by atoms with van der Waals surface area (Å²) >= 11 is 0. The molecule has 1 saturated heterocycles. The maximum Gasteiger partial charge on any atom is 0.387 e. The van der Waals surface area contributed by atoms with E-state index in [9.17, 15) is 18.4 Å². The lowest BCUT2D eigenvalue weighted by atomic mass is 10.2. The van der Waals surface area contributed by atoms with Crippen LogP contribution in [0.3, 0.4) is 0 Å². The molecule has 0 spiro atoms. The third-order valence-electron chi connectivity index (χ3n) is 3.52. The van der Waals surface area contributed by atoms with Gasteiger partial charge in [-0.1, -0.05) is 0 Å². The van der Waals surface area contributed by atoms with Gasteiger partial charge in [-0.2, -0.15) is 8.78 Å². The van der Waals surface area contributed by atoms with E-state index in [4.69, 9.17) is 0 Å². The molecule has 0 radical (unpaired) electrons. The lowest BCUT2D eigenvalue weighted by Crippen LogP contribution is -2.49. The molecule has 2 rings (SSSR count). The van der Waals surface area contributed by atoms with Crippen LogP contribution in [0.5, 0.6) is 5.75 Å². The van der Waals surface area contributed by atoms with Crippen molar-refractivity contribution in [2.24, 2.45) is 0 Å². The predicted molar refractivity (Wildman–Crippen MR) is 79.5 cm³/mol. The highest BCUT2D eigenvalue weighted by atomic mass is 19.3. The monoisotopic (exact) mass is 327 g/mol. The molecule has 8 heteroatoms. The summed E-state index contributed by atoms with van der Waals surface area (Å²) in [4.78, 5) is 27.4. The third-order valence-corrected chi connectivity index (χ3v) is 3.52. The van der Waals surface area contributed by atoms with Crippen molar-refractivity contribution < 1.29 is 23.1 Å². The van der Waals surface area contributed by atoms with Crippen LogP contribution in [-0.4, -0.2) is 68.0 Å². The molecule has 23 heavy (non-hydrogen) atoms. The first-order chi connectivity index (χ1) is 11.0. The Labute approximate surface area is 133 Å². The number of carbonyl (C=O) groups excluding carboxylic acids is 2. The average molecular weight is 327 g/mol. The van der Waals surface area contributed by atoms with Gasteiger partial charge in [0.1, 0.15) is 5.75 Å². The molecule has 1 fully saturated rings. The minimum atomic E-state index is -2.91. The van der Waals surface area contributed by atoms with Crippen molar-refractivity contribution in [1.82, 2.24) is 15.1 Å². The molecule has 1 aliphatic heterocycles. The molecule has 0 aliphatic carbocycles. The smallest absolute Gasteiger partial charge is 0.387 e. The van der Waals surface area contributed by atoms with Gasteiger partial charge in [0.2, 0.25) is 5.91 Å². The number of rotatable bonds is 5. The number of hydrogen-bond acceptors (Lipinski definition) is 4. The summed E-state index contributed by atoms with van der Waals surface area (Å²) in [5, 5.41) is 3.15. The van der Waals surface area contributed by atoms with Gasteiger partial charge in [0.25, 0.3) is 5.91 Å². The number of ether oxygens (including phenoxy) is 1. The minimum Gasteiger partial charge on any atom is -0.435 e. The quantitative estimate of drug-likeness (QED) is 0.869. The van der Waals surface area contributed by atoms with Crippen LogP contribution in [0.2, 0.25) is 0 Å². The molecule has 0 unspecified atom stereocenters. The Morgan fingerprint density at radius 3 is 2.43 bits per heavy atom. The van der Waals surface area contributed by atoms with Crippen molar-refractivity contribution in [2.75, 3.05) is 39.8 Å². The zero-order valence-electron chi connectivity index (χ0n) is 12.8. The van der Waals surface area contributed by atoms with Gasteiger partial charge < -0.3 is 19.9 Å². The number of hydrogen-bond donors (Lipinski definition) is 1. The third kappa shape index (κ3) is 4.88. The Bertz CT molecular complexity index is 545. The van der Waals surface area contributed by atoms with Gasteiger partial charge in [0.05, 0.1) is 6.54 Å². The molecular formula is C15H19F2N3O3. The molecular weight excluding hydrogens is 308 g/mol. The number of likely N-dealkylation sites (N-methyl/N-ethyl adjacent to an activating group) is 1. The topological polar surface area (TPSA) is 61.9 Å². The molecule has 1 aromatic carbocycles. The number of piperazine rings is 1. The number of halogens is 2. The van der Waals surface area contributed by atoms with Crippen LogP contribution in [0.15, 0.2) is 24.3 Å². The first-order valence-electron chi connectivity index (χ1n) is 7.26. The van der Waals surface area contributed by atoms with Crippen LogP contribution in [-0.2, 0) is 4.79 Å². The van der Waals surface area contributed by atoms with Crippen LogP contribution < -0.4 is 10.1 Å². The Morgan fingerprint density at radius 2 is 1.87 bits per heavy atom. The molecule has 6 nitrogen and oxygen atoms in total.